The number of carbonyl (C=O) groups is 1. The fraction of sp³-hybridized carbons (Fsp3) is 0.417. The lowest BCUT2D eigenvalue weighted by Gasteiger charge is -2.08. The average Bonchev–Trinajstić information content (AvgIpc) is 2.28. The SMILES string of the molecule is CCCCPC(=O)c1c(Cl)cccc1OC. The highest BCUT2D eigenvalue weighted by molar-refractivity contribution is 7.58. The molecular formula is C12H16ClO2P. The number of hydrogen-bond acceptors (Lipinski definition) is 2. The predicted molar refractivity (Wildman–Crippen MR) is 70.4 cm³/mol. The van der Waals surface area contributed by atoms with Gasteiger partial charge in [0.1, 0.15) is 5.75 Å². The van der Waals surface area contributed by atoms with Crippen LogP contribution in [0.1, 0.15) is 30.1 Å². The molecule has 1 aromatic carbocycles. The maximum atomic E-state index is 12.0. The van der Waals surface area contributed by atoms with Crippen LogP contribution in [0.4, 0.5) is 0 Å². The number of carbonyl (C=O) groups excluding carboxylic acids is 1. The van der Waals surface area contributed by atoms with Crippen LogP contribution in [0.5, 0.6) is 5.75 Å². The first-order valence-corrected chi connectivity index (χ1v) is 6.90. The van der Waals surface area contributed by atoms with Crippen molar-refractivity contribution >= 4 is 25.7 Å². The topological polar surface area (TPSA) is 26.3 Å². The number of benzene rings is 1. The highest BCUT2D eigenvalue weighted by Gasteiger charge is 2.15. The Hall–Kier alpha value is -0.590. The van der Waals surface area contributed by atoms with Crippen LogP contribution in [0.25, 0.3) is 0 Å². The zero-order chi connectivity index (χ0) is 12.0. The summed E-state index contributed by atoms with van der Waals surface area (Å²) in [5.74, 6) is 0.571. The van der Waals surface area contributed by atoms with Crippen LogP contribution >= 0.6 is 20.2 Å². The summed E-state index contributed by atoms with van der Waals surface area (Å²) < 4.78 is 5.15. The van der Waals surface area contributed by atoms with Gasteiger partial charge in [0, 0.05) is 0 Å². The molecule has 0 heterocycles. The van der Waals surface area contributed by atoms with Crippen molar-refractivity contribution in [3.63, 3.8) is 0 Å². The number of ether oxygens (including phenoxy) is 1. The standard InChI is InChI=1S/C12H16ClO2P/c1-3-4-8-16-12(14)11-9(13)6-5-7-10(11)15-2/h5-7,16H,3-4,8H2,1-2H3. The second-order valence-corrected chi connectivity index (χ2v) is 5.14. The van der Waals surface area contributed by atoms with Crippen molar-refractivity contribution in [3.05, 3.63) is 28.8 Å². The van der Waals surface area contributed by atoms with Crippen molar-refractivity contribution in [1.29, 1.82) is 0 Å². The zero-order valence-electron chi connectivity index (χ0n) is 9.55. The van der Waals surface area contributed by atoms with E-state index in [0.29, 0.717) is 16.3 Å². The molecule has 0 amide bonds. The number of methoxy groups -OCH3 is 1. The van der Waals surface area contributed by atoms with Gasteiger partial charge in [0.25, 0.3) is 0 Å². The van der Waals surface area contributed by atoms with Crippen LogP contribution in [0.3, 0.4) is 0 Å². The predicted octanol–water partition coefficient (Wildman–Crippen LogP) is 3.97. The molecule has 16 heavy (non-hydrogen) atoms. The smallest absolute Gasteiger partial charge is 0.186 e. The molecule has 0 aromatic heterocycles. The van der Waals surface area contributed by atoms with Gasteiger partial charge < -0.3 is 4.74 Å². The van der Waals surface area contributed by atoms with E-state index in [4.69, 9.17) is 16.3 Å². The van der Waals surface area contributed by atoms with Crippen LogP contribution in [0.2, 0.25) is 5.02 Å². The fourth-order valence-corrected chi connectivity index (χ4v) is 2.88. The summed E-state index contributed by atoms with van der Waals surface area (Å²) in [6.45, 7) is 2.12. The second kappa shape index (κ2) is 6.88. The van der Waals surface area contributed by atoms with E-state index in [0.717, 1.165) is 19.0 Å². The molecule has 0 bridgehead atoms. The van der Waals surface area contributed by atoms with Crippen LogP contribution in [-0.4, -0.2) is 18.8 Å². The maximum absolute atomic E-state index is 12.0. The summed E-state index contributed by atoms with van der Waals surface area (Å²) in [5, 5.41) is 0.480. The van der Waals surface area contributed by atoms with Gasteiger partial charge in [-0.2, -0.15) is 0 Å². The fourth-order valence-electron chi connectivity index (χ4n) is 1.36. The summed E-state index contributed by atoms with van der Waals surface area (Å²) in [4.78, 5) is 12.0. The molecule has 0 radical (unpaired) electrons. The normalized spacial score (nSPS) is 10.9. The lowest BCUT2D eigenvalue weighted by atomic mass is 10.2. The molecule has 1 atom stereocenters. The van der Waals surface area contributed by atoms with Gasteiger partial charge in [0.05, 0.1) is 17.7 Å². The quantitative estimate of drug-likeness (QED) is 0.570. The summed E-state index contributed by atoms with van der Waals surface area (Å²) in [5.41, 5.74) is 0.622. The molecule has 0 aliphatic carbocycles. The Labute approximate surface area is 103 Å². The Balaban J connectivity index is 2.81. The van der Waals surface area contributed by atoms with Crippen LogP contribution < -0.4 is 4.74 Å². The minimum atomic E-state index is 0.0934. The van der Waals surface area contributed by atoms with Crippen molar-refractivity contribution in [2.24, 2.45) is 0 Å². The molecular weight excluding hydrogens is 243 g/mol. The molecule has 0 fully saturated rings. The third-order valence-corrected chi connectivity index (χ3v) is 3.73. The van der Waals surface area contributed by atoms with Crippen LogP contribution in [-0.2, 0) is 0 Å². The highest BCUT2D eigenvalue weighted by Crippen LogP contribution is 2.32. The van der Waals surface area contributed by atoms with Gasteiger partial charge in [-0.15, -0.1) is 0 Å². The first-order chi connectivity index (χ1) is 7.70. The Kier molecular flexibility index (Phi) is 5.79. The summed E-state index contributed by atoms with van der Waals surface area (Å²) in [7, 11) is 1.84. The van der Waals surface area contributed by atoms with Crippen LogP contribution in [0.15, 0.2) is 18.2 Å². The molecule has 1 unspecified atom stereocenters. The molecule has 4 heteroatoms. The van der Waals surface area contributed by atoms with E-state index in [1.54, 1.807) is 25.3 Å². The van der Waals surface area contributed by atoms with Gasteiger partial charge in [0.15, 0.2) is 5.52 Å². The zero-order valence-corrected chi connectivity index (χ0v) is 11.3. The van der Waals surface area contributed by atoms with E-state index in [-0.39, 0.29) is 14.1 Å². The molecule has 0 saturated heterocycles. The molecule has 0 aliphatic rings. The minimum absolute atomic E-state index is 0.0934. The van der Waals surface area contributed by atoms with Gasteiger partial charge in [-0.3, -0.25) is 4.79 Å². The summed E-state index contributed by atoms with van der Waals surface area (Å²) in [6, 6.07) is 5.28. The molecule has 0 N–H and O–H groups in total. The van der Waals surface area contributed by atoms with E-state index >= 15 is 0 Å². The first kappa shape index (κ1) is 13.5. The van der Waals surface area contributed by atoms with E-state index in [1.807, 2.05) is 0 Å². The minimum Gasteiger partial charge on any atom is -0.496 e. The first-order valence-electron chi connectivity index (χ1n) is 5.31. The van der Waals surface area contributed by atoms with Gasteiger partial charge >= 0.3 is 0 Å². The molecule has 1 rings (SSSR count). The Morgan fingerprint density at radius 1 is 1.50 bits per heavy atom. The summed E-state index contributed by atoms with van der Waals surface area (Å²) in [6.07, 6.45) is 3.13. The molecule has 1 aromatic rings. The number of hydrogen-bond donors (Lipinski definition) is 0. The monoisotopic (exact) mass is 258 g/mol. The number of unbranched alkanes of at least 4 members (excludes halogenated alkanes) is 1. The number of halogens is 1. The van der Waals surface area contributed by atoms with Gasteiger partial charge in [-0.05, 0) is 33.3 Å². The Bertz CT molecular complexity index is 366. The third kappa shape index (κ3) is 3.47. The van der Waals surface area contributed by atoms with Gasteiger partial charge in [-0.1, -0.05) is 31.0 Å². The molecule has 0 spiro atoms. The largest absolute Gasteiger partial charge is 0.496 e. The Morgan fingerprint density at radius 2 is 2.25 bits per heavy atom. The molecule has 0 aliphatic heterocycles. The van der Waals surface area contributed by atoms with Crippen molar-refractivity contribution in [3.8, 4) is 5.75 Å². The van der Waals surface area contributed by atoms with Crippen molar-refractivity contribution in [2.75, 3.05) is 13.3 Å². The summed E-state index contributed by atoms with van der Waals surface area (Å²) >= 11 is 6.02. The van der Waals surface area contributed by atoms with E-state index in [9.17, 15) is 4.79 Å². The maximum Gasteiger partial charge on any atom is 0.186 e. The van der Waals surface area contributed by atoms with Crippen LogP contribution in [0, 0.1) is 0 Å². The Morgan fingerprint density at radius 3 is 2.88 bits per heavy atom. The lowest BCUT2D eigenvalue weighted by Crippen LogP contribution is -1.98. The van der Waals surface area contributed by atoms with E-state index < -0.39 is 0 Å². The van der Waals surface area contributed by atoms with Gasteiger partial charge in [0.2, 0.25) is 0 Å². The third-order valence-electron chi connectivity index (χ3n) is 2.24. The van der Waals surface area contributed by atoms with Crippen molar-refractivity contribution in [1.82, 2.24) is 0 Å². The lowest BCUT2D eigenvalue weighted by molar-refractivity contribution is 0.108. The van der Waals surface area contributed by atoms with Gasteiger partial charge in [-0.25, -0.2) is 0 Å². The molecule has 0 saturated carbocycles. The molecule has 2 nitrogen and oxygen atoms in total. The van der Waals surface area contributed by atoms with Crippen molar-refractivity contribution < 1.29 is 9.53 Å². The molecule has 88 valence electrons. The van der Waals surface area contributed by atoms with Crippen molar-refractivity contribution in [2.45, 2.75) is 19.8 Å². The second-order valence-electron chi connectivity index (χ2n) is 3.43. The average molecular weight is 259 g/mol. The number of rotatable bonds is 6. The highest BCUT2D eigenvalue weighted by atomic mass is 35.5. The van der Waals surface area contributed by atoms with E-state index in [2.05, 4.69) is 6.92 Å². The van der Waals surface area contributed by atoms with E-state index in [1.165, 1.54) is 0 Å².